The molecule has 0 bridgehead atoms. The van der Waals surface area contributed by atoms with Gasteiger partial charge < -0.3 is 19.5 Å². The minimum Gasteiger partial charge on any atom is -0.465 e. The van der Waals surface area contributed by atoms with Crippen LogP contribution in [0.2, 0.25) is 0 Å². The minimum atomic E-state index is -0.626. The third-order valence-electron chi connectivity index (χ3n) is 2.92. The predicted octanol–water partition coefficient (Wildman–Crippen LogP) is 1.75. The molecule has 0 spiro atoms. The Balaban J connectivity index is 4.10. The van der Waals surface area contributed by atoms with Crippen LogP contribution in [0, 0.1) is 0 Å². The van der Waals surface area contributed by atoms with Crippen LogP contribution in [0.1, 0.15) is 40.5 Å². The topological polar surface area (TPSA) is 56.8 Å². The Bertz CT molecular complexity index is 248. The number of nitrogens with one attached hydrogen (secondary N) is 1. The average Bonchev–Trinajstić information content (AvgIpc) is 2.36. The SMILES string of the molecule is CCNC(C)(CCCOC(C)COC)C(=O)OCC. The molecule has 1 N–H and O–H groups in total. The van der Waals surface area contributed by atoms with Crippen molar-refractivity contribution in [2.75, 3.05) is 33.5 Å². The fraction of sp³-hybridized carbons (Fsp3) is 0.929. The van der Waals surface area contributed by atoms with Crippen LogP contribution in [0.3, 0.4) is 0 Å². The fourth-order valence-electron chi connectivity index (χ4n) is 1.94. The molecule has 0 aliphatic rings. The Morgan fingerprint density at radius 2 is 2.05 bits per heavy atom. The first-order valence-electron chi connectivity index (χ1n) is 7.03. The van der Waals surface area contributed by atoms with E-state index in [2.05, 4.69) is 5.32 Å². The Labute approximate surface area is 117 Å². The zero-order valence-electron chi connectivity index (χ0n) is 13.0. The fourth-order valence-corrected chi connectivity index (χ4v) is 1.94. The van der Waals surface area contributed by atoms with Gasteiger partial charge in [0.25, 0.3) is 0 Å². The largest absolute Gasteiger partial charge is 0.465 e. The van der Waals surface area contributed by atoms with Gasteiger partial charge in [0.15, 0.2) is 0 Å². The van der Waals surface area contributed by atoms with Gasteiger partial charge >= 0.3 is 5.97 Å². The molecule has 5 heteroatoms. The van der Waals surface area contributed by atoms with Gasteiger partial charge in [0.05, 0.1) is 19.3 Å². The van der Waals surface area contributed by atoms with Crippen LogP contribution in [0.4, 0.5) is 0 Å². The molecule has 0 aromatic rings. The summed E-state index contributed by atoms with van der Waals surface area (Å²) in [6.45, 7) is 9.99. The molecule has 0 rings (SSSR count). The van der Waals surface area contributed by atoms with Crippen LogP contribution in [0.5, 0.6) is 0 Å². The highest BCUT2D eigenvalue weighted by atomic mass is 16.5. The highest BCUT2D eigenvalue weighted by Crippen LogP contribution is 2.15. The Kier molecular flexibility index (Phi) is 9.83. The van der Waals surface area contributed by atoms with Crippen LogP contribution < -0.4 is 5.32 Å². The molecule has 2 unspecified atom stereocenters. The molecular weight excluding hydrogens is 246 g/mol. The summed E-state index contributed by atoms with van der Waals surface area (Å²) in [5.74, 6) is -0.193. The number of rotatable bonds is 11. The second kappa shape index (κ2) is 10.2. The summed E-state index contributed by atoms with van der Waals surface area (Å²) >= 11 is 0. The van der Waals surface area contributed by atoms with Crippen molar-refractivity contribution in [1.82, 2.24) is 5.32 Å². The molecule has 0 aliphatic carbocycles. The highest BCUT2D eigenvalue weighted by molar-refractivity contribution is 5.80. The van der Waals surface area contributed by atoms with Crippen molar-refractivity contribution in [1.29, 1.82) is 0 Å². The Hall–Kier alpha value is -0.650. The molecule has 19 heavy (non-hydrogen) atoms. The van der Waals surface area contributed by atoms with E-state index in [-0.39, 0.29) is 12.1 Å². The van der Waals surface area contributed by atoms with Crippen molar-refractivity contribution in [3.63, 3.8) is 0 Å². The number of likely N-dealkylation sites (N-methyl/N-ethyl adjacent to an activating group) is 1. The molecule has 0 aromatic carbocycles. The summed E-state index contributed by atoms with van der Waals surface area (Å²) in [5.41, 5.74) is -0.626. The number of carbonyl (C=O) groups excluding carboxylic acids is 1. The van der Waals surface area contributed by atoms with E-state index in [1.807, 2.05) is 27.7 Å². The smallest absolute Gasteiger partial charge is 0.326 e. The molecule has 0 aliphatic heterocycles. The summed E-state index contributed by atoms with van der Waals surface area (Å²) in [6, 6.07) is 0. The van der Waals surface area contributed by atoms with Crippen molar-refractivity contribution in [3.8, 4) is 0 Å². The molecule has 0 amide bonds. The van der Waals surface area contributed by atoms with Crippen LogP contribution in [0.25, 0.3) is 0 Å². The second-order valence-electron chi connectivity index (χ2n) is 4.82. The molecule has 0 fully saturated rings. The van der Waals surface area contributed by atoms with E-state index in [0.29, 0.717) is 26.2 Å². The number of ether oxygens (including phenoxy) is 3. The number of carbonyl (C=O) groups is 1. The Morgan fingerprint density at radius 1 is 1.37 bits per heavy atom. The van der Waals surface area contributed by atoms with Crippen LogP contribution in [-0.4, -0.2) is 51.1 Å². The lowest BCUT2D eigenvalue weighted by atomic mass is 9.96. The zero-order valence-corrected chi connectivity index (χ0v) is 13.0. The van der Waals surface area contributed by atoms with Crippen molar-refractivity contribution >= 4 is 5.97 Å². The quantitative estimate of drug-likeness (QED) is 0.460. The van der Waals surface area contributed by atoms with E-state index in [0.717, 1.165) is 13.0 Å². The van der Waals surface area contributed by atoms with Crippen molar-refractivity contribution in [2.24, 2.45) is 0 Å². The van der Waals surface area contributed by atoms with Gasteiger partial charge in [-0.15, -0.1) is 0 Å². The maximum atomic E-state index is 11.9. The van der Waals surface area contributed by atoms with Gasteiger partial charge in [0.1, 0.15) is 5.54 Å². The third-order valence-corrected chi connectivity index (χ3v) is 2.92. The zero-order chi connectivity index (χ0) is 14.7. The first-order valence-corrected chi connectivity index (χ1v) is 7.03. The van der Waals surface area contributed by atoms with E-state index in [9.17, 15) is 4.79 Å². The maximum absolute atomic E-state index is 11.9. The lowest BCUT2D eigenvalue weighted by molar-refractivity contribution is -0.151. The minimum absolute atomic E-state index is 0.0815. The number of hydrogen-bond acceptors (Lipinski definition) is 5. The average molecular weight is 275 g/mol. The van der Waals surface area contributed by atoms with E-state index in [1.165, 1.54) is 0 Å². The highest BCUT2D eigenvalue weighted by Gasteiger charge is 2.33. The number of methoxy groups -OCH3 is 1. The van der Waals surface area contributed by atoms with Crippen molar-refractivity contribution < 1.29 is 19.0 Å². The van der Waals surface area contributed by atoms with Crippen LogP contribution >= 0.6 is 0 Å². The second-order valence-corrected chi connectivity index (χ2v) is 4.82. The molecular formula is C14H29NO4. The van der Waals surface area contributed by atoms with Gasteiger partial charge in [-0.1, -0.05) is 6.92 Å². The van der Waals surface area contributed by atoms with Gasteiger partial charge in [-0.2, -0.15) is 0 Å². The van der Waals surface area contributed by atoms with Gasteiger partial charge in [0.2, 0.25) is 0 Å². The third kappa shape index (κ3) is 7.50. The Morgan fingerprint density at radius 3 is 2.58 bits per heavy atom. The lowest BCUT2D eigenvalue weighted by Gasteiger charge is -2.28. The van der Waals surface area contributed by atoms with Gasteiger partial charge in [-0.3, -0.25) is 4.79 Å². The van der Waals surface area contributed by atoms with E-state index in [1.54, 1.807) is 7.11 Å². The molecule has 114 valence electrons. The lowest BCUT2D eigenvalue weighted by Crippen LogP contribution is -2.50. The molecule has 0 aromatic heterocycles. The molecule has 0 saturated heterocycles. The van der Waals surface area contributed by atoms with E-state index in [4.69, 9.17) is 14.2 Å². The van der Waals surface area contributed by atoms with Crippen molar-refractivity contribution in [3.05, 3.63) is 0 Å². The number of hydrogen-bond donors (Lipinski definition) is 1. The molecule has 0 heterocycles. The predicted molar refractivity (Wildman–Crippen MR) is 75.2 cm³/mol. The molecule has 2 atom stereocenters. The first-order chi connectivity index (χ1) is 9.00. The monoisotopic (exact) mass is 275 g/mol. The van der Waals surface area contributed by atoms with Crippen LogP contribution in [0.15, 0.2) is 0 Å². The van der Waals surface area contributed by atoms with E-state index >= 15 is 0 Å². The van der Waals surface area contributed by atoms with E-state index < -0.39 is 5.54 Å². The maximum Gasteiger partial charge on any atom is 0.326 e. The standard InChI is InChI=1S/C14H29NO4/c1-6-15-14(4,13(16)18-7-2)9-8-10-19-12(3)11-17-5/h12,15H,6-11H2,1-5H3. The summed E-state index contributed by atoms with van der Waals surface area (Å²) < 4.78 is 15.7. The van der Waals surface area contributed by atoms with Gasteiger partial charge in [-0.25, -0.2) is 0 Å². The number of esters is 1. The molecule has 5 nitrogen and oxygen atoms in total. The summed E-state index contributed by atoms with van der Waals surface area (Å²) in [6.07, 6.45) is 1.58. The molecule has 0 radical (unpaired) electrons. The summed E-state index contributed by atoms with van der Waals surface area (Å²) in [5, 5.41) is 3.20. The summed E-state index contributed by atoms with van der Waals surface area (Å²) in [7, 11) is 1.66. The van der Waals surface area contributed by atoms with Crippen LogP contribution in [-0.2, 0) is 19.0 Å². The first kappa shape index (κ1) is 18.4. The molecule has 0 saturated carbocycles. The van der Waals surface area contributed by atoms with Gasteiger partial charge in [-0.05, 0) is 40.2 Å². The summed E-state index contributed by atoms with van der Waals surface area (Å²) in [4.78, 5) is 11.9. The normalized spacial score (nSPS) is 15.8. The van der Waals surface area contributed by atoms with Crippen molar-refractivity contribution in [2.45, 2.75) is 52.2 Å². The van der Waals surface area contributed by atoms with Gasteiger partial charge in [0, 0.05) is 13.7 Å².